The predicted molar refractivity (Wildman–Crippen MR) is 89.2 cm³/mol. The number of unbranched alkanes of at least 4 members (excludes halogenated alkanes) is 3. The van der Waals surface area contributed by atoms with Crippen molar-refractivity contribution in [2.24, 2.45) is 5.92 Å². The lowest BCUT2D eigenvalue weighted by molar-refractivity contribution is -0.153. The van der Waals surface area contributed by atoms with E-state index in [1.54, 1.807) is 0 Å². The molecule has 20 heavy (non-hydrogen) atoms. The summed E-state index contributed by atoms with van der Waals surface area (Å²) in [5, 5.41) is 0. The van der Waals surface area contributed by atoms with Crippen molar-refractivity contribution in [3.8, 4) is 0 Å². The molecule has 0 N–H and O–H groups in total. The fourth-order valence-corrected chi connectivity index (χ4v) is 3.60. The van der Waals surface area contributed by atoms with Crippen LogP contribution in [0.5, 0.6) is 0 Å². The van der Waals surface area contributed by atoms with Gasteiger partial charge in [-0.1, -0.05) is 65.2 Å². The minimum atomic E-state index is 0.00891. The number of rotatable bonds is 8. The second-order valence-corrected chi connectivity index (χ2v) is 8.30. The first-order valence-electron chi connectivity index (χ1n) is 9.03. The van der Waals surface area contributed by atoms with Crippen molar-refractivity contribution in [1.29, 1.82) is 0 Å². The second-order valence-electron chi connectivity index (χ2n) is 8.30. The second kappa shape index (κ2) is 8.41. The van der Waals surface area contributed by atoms with E-state index in [1.165, 1.54) is 70.6 Å². The van der Waals surface area contributed by atoms with Crippen LogP contribution in [-0.2, 0) is 4.74 Å². The quantitative estimate of drug-likeness (QED) is 0.462. The Hall–Kier alpha value is -0.0400. The van der Waals surface area contributed by atoms with Gasteiger partial charge in [0, 0.05) is 0 Å². The number of ether oxygens (including phenoxy) is 1. The predicted octanol–water partition coefficient (Wildman–Crippen LogP) is 6.50. The van der Waals surface area contributed by atoms with Gasteiger partial charge in [-0.25, -0.2) is 0 Å². The molecule has 1 aliphatic rings. The molecule has 0 bridgehead atoms. The zero-order chi connectivity index (χ0) is 15.1. The molecule has 1 fully saturated rings. The Balaban J connectivity index is 2.30. The van der Waals surface area contributed by atoms with Crippen LogP contribution in [0, 0.1) is 5.92 Å². The highest BCUT2D eigenvalue weighted by Gasteiger charge is 2.35. The van der Waals surface area contributed by atoms with Crippen LogP contribution in [0.3, 0.4) is 0 Å². The molecule has 0 aliphatic heterocycles. The Morgan fingerprint density at radius 2 is 1.50 bits per heavy atom. The first-order valence-corrected chi connectivity index (χ1v) is 9.03. The zero-order valence-electron chi connectivity index (χ0n) is 14.8. The van der Waals surface area contributed by atoms with Crippen molar-refractivity contribution in [2.75, 3.05) is 0 Å². The molecule has 1 heteroatoms. The molecule has 0 radical (unpaired) electrons. The van der Waals surface area contributed by atoms with Crippen LogP contribution in [0.4, 0.5) is 0 Å². The smallest absolute Gasteiger partial charge is 0.0689 e. The van der Waals surface area contributed by atoms with Crippen LogP contribution < -0.4 is 0 Å². The van der Waals surface area contributed by atoms with Gasteiger partial charge >= 0.3 is 0 Å². The summed E-state index contributed by atoms with van der Waals surface area (Å²) in [5.41, 5.74) is 0.212. The molecule has 1 saturated carbocycles. The van der Waals surface area contributed by atoms with E-state index in [2.05, 4.69) is 34.6 Å². The Bertz CT molecular complexity index is 243. The molecule has 0 aromatic rings. The molecule has 1 aliphatic carbocycles. The fraction of sp³-hybridized carbons (Fsp3) is 1.00. The Kier molecular flexibility index (Phi) is 7.58. The van der Waals surface area contributed by atoms with Gasteiger partial charge in [-0.05, 0) is 46.0 Å². The van der Waals surface area contributed by atoms with Crippen molar-refractivity contribution in [3.63, 3.8) is 0 Å². The van der Waals surface area contributed by atoms with Crippen molar-refractivity contribution in [3.05, 3.63) is 0 Å². The van der Waals surface area contributed by atoms with E-state index < -0.39 is 0 Å². The Morgan fingerprint density at radius 3 is 2.05 bits per heavy atom. The molecule has 0 unspecified atom stereocenters. The van der Waals surface area contributed by atoms with Gasteiger partial charge in [-0.15, -0.1) is 0 Å². The van der Waals surface area contributed by atoms with E-state index in [1.807, 2.05) is 0 Å². The van der Waals surface area contributed by atoms with Crippen molar-refractivity contribution in [2.45, 2.75) is 116 Å². The van der Waals surface area contributed by atoms with E-state index in [0.717, 1.165) is 5.92 Å². The molecule has 120 valence electrons. The molecule has 0 aromatic heterocycles. The van der Waals surface area contributed by atoms with Gasteiger partial charge in [0.05, 0.1) is 11.2 Å². The van der Waals surface area contributed by atoms with E-state index in [4.69, 9.17) is 4.74 Å². The summed E-state index contributed by atoms with van der Waals surface area (Å²) in [6.45, 7) is 11.3. The SMILES string of the molecule is CC(C)CCCCCCC1(OC(C)(C)C)CCCCC1. The molecule has 1 rings (SSSR count). The molecule has 0 spiro atoms. The third-order valence-electron chi connectivity index (χ3n) is 4.45. The van der Waals surface area contributed by atoms with Gasteiger partial charge in [0.15, 0.2) is 0 Å². The topological polar surface area (TPSA) is 9.23 Å². The minimum absolute atomic E-state index is 0.00891. The molecule has 0 aromatic carbocycles. The summed E-state index contributed by atoms with van der Waals surface area (Å²) < 4.78 is 6.51. The van der Waals surface area contributed by atoms with Crippen LogP contribution in [0.2, 0.25) is 0 Å². The lowest BCUT2D eigenvalue weighted by Crippen LogP contribution is -2.41. The summed E-state index contributed by atoms with van der Waals surface area (Å²) in [6.07, 6.45) is 14.9. The standard InChI is InChI=1S/C19H38O/c1-17(2)13-9-6-7-10-14-19(20-18(3,4)5)15-11-8-12-16-19/h17H,6-16H2,1-5H3. The van der Waals surface area contributed by atoms with Crippen LogP contribution in [0.25, 0.3) is 0 Å². The maximum Gasteiger partial charge on any atom is 0.0689 e. The molecule has 0 amide bonds. The van der Waals surface area contributed by atoms with Crippen LogP contribution in [0.1, 0.15) is 105 Å². The van der Waals surface area contributed by atoms with E-state index in [-0.39, 0.29) is 11.2 Å². The molecule has 0 atom stereocenters. The first kappa shape index (κ1) is 18.0. The van der Waals surface area contributed by atoms with Gasteiger partial charge in [0.1, 0.15) is 0 Å². The maximum atomic E-state index is 6.51. The highest BCUT2D eigenvalue weighted by atomic mass is 16.5. The number of hydrogen-bond acceptors (Lipinski definition) is 1. The van der Waals surface area contributed by atoms with Crippen LogP contribution in [0.15, 0.2) is 0 Å². The summed E-state index contributed by atoms with van der Waals surface area (Å²) in [4.78, 5) is 0. The van der Waals surface area contributed by atoms with E-state index in [9.17, 15) is 0 Å². The average molecular weight is 283 g/mol. The van der Waals surface area contributed by atoms with Gasteiger partial charge in [0.25, 0.3) is 0 Å². The lowest BCUT2D eigenvalue weighted by atomic mass is 9.80. The third-order valence-corrected chi connectivity index (χ3v) is 4.45. The summed E-state index contributed by atoms with van der Waals surface area (Å²) >= 11 is 0. The summed E-state index contributed by atoms with van der Waals surface area (Å²) in [5.74, 6) is 0.865. The Labute approximate surface area is 127 Å². The first-order chi connectivity index (χ1) is 9.33. The zero-order valence-corrected chi connectivity index (χ0v) is 14.8. The minimum Gasteiger partial charge on any atom is -0.369 e. The van der Waals surface area contributed by atoms with Crippen LogP contribution >= 0.6 is 0 Å². The highest BCUT2D eigenvalue weighted by molar-refractivity contribution is 4.87. The summed E-state index contributed by atoms with van der Waals surface area (Å²) in [6, 6.07) is 0. The molecule has 1 nitrogen and oxygen atoms in total. The van der Waals surface area contributed by atoms with Gasteiger partial charge in [-0.2, -0.15) is 0 Å². The monoisotopic (exact) mass is 282 g/mol. The third kappa shape index (κ3) is 7.67. The van der Waals surface area contributed by atoms with Gasteiger partial charge in [-0.3, -0.25) is 0 Å². The fourth-order valence-electron chi connectivity index (χ4n) is 3.60. The van der Waals surface area contributed by atoms with Gasteiger partial charge in [0.2, 0.25) is 0 Å². The van der Waals surface area contributed by atoms with Crippen LogP contribution in [-0.4, -0.2) is 11.2 Å². The van der Waals surface area contributed by atoms with Gasteiger partial charge < -0.3 is 4.74 Å². The highest BCUT2D eigenvalue weighted by Crippen LogP contribution is 2.39. The molecular formula is C19H38O. The molecule has 0 heterocycles. The number of hydrogen-bond donors (Lipinski definition) is 0. The molecule has 0 saturated heterocycles. The Morgan fingerprint density at radius 1 is 0.900 bits per heavy atom. The van der Waals surface area contributed by atoms with E-state index >= 15 is 0 Å². The van der Waals surface area contributed by atoms with E-state index in [0.29, 0.717) is 0 Å². The average Bonchev–Trinajstić information content (AvgIpc) is 2.32. The maximum absolute atomic E-state index is 6.51. The lowest BCUT2D eigenvalue weighted by Gasteiger charge is -2.42. The molecular weight excluding hydrogens is 244 g/mol. The summed E-state index contributed by atoms with van der Waals surface area (Å²) in [7, 11) is 0. The van der Waals surface area contributed by atoms with Crippen molar-refractivity contribution in [1.82, 2.24) is 0 Å². The van der Waals surface area contributed by atoms with Crippen molar-refractivity contribution >= 4 is 0 Å². The normalized spacial score (nSPS) is 19.5. The largest absolute Gasteiger partial charge is 0.369 e. The van der Waals surface area contributed by atoms with Crippen molar-refractivity contribution < 1.29 is 4.74 Å².